The summed E-state index contributed by atoms with van der Waals surface area (Å²) in [6.07, 6.45) is 0. The summed E-state index contributed by atoms with van der Waals surface area (Å²) in [6.45, 7) is 2.07. The summed E-state index contributed by atoms with van der Waals surface area (Å²) in [5, 5.41) is 0.476. The smallest absolute Gasteiger partial charge is 0.325 e. The number of ether oxygens (including phenoxy) is 2. The van der Waals surface area contributed by atoms with E-state index in [9.17, 15) is 9.59 Å². The molecule has 104 valence electrons. The molecule has 0 aliphatic carbocycles. The van der Waals surface area contributed by atoms with Crippen LogP contribution in [-0.4, -0.2) is 44.1 Å². The molecular weight excluding hydrogens is 270 g/mol. The number of halogens is 1. The fourth-order valence-corrected chi connectivity index (χ4v) is 1.72. The first-order chi connectivity index (χ1) is 9.03. The van der Waals surface area contributed by atoms with Crippen molar-refractivity contribution in [1.29, 1.82) is 0 Å². The minimum atomic E-state index is -0.469. The maximum Gasteiger partial charge on any atom is 0.325 e. The quantitative estimate of drug-likeness (QED) is 0.776. The maximum atomic E-state index is 12.3. The van der Waals surface area contributed by atoms with Crippen LogP contribution in [-0.2, 0) is 9.53 Å². The lowest BCUT2D eigenvalue weighted by Crippen LogP contribution is -2.36. The third-order valence-electron chi connectivity index (χ3n) is 2.61. The van der Waals surface area contributed by atoms with Gasteiger partial charge in [-0.25, -0.2) is 0 Å². The molecule has 1 amide bonds. The summed E-state index contributed by atoms with van der Waals surface area (Å²) in [5.74, 6) is -0.398. The highest BCUT2D eigenvalue weighted by Crippen LogP contribution is 2.24. The molecule has 0 fully saturated rings. The first-order valence-corrected chi connectivity index (χ1v) is 6.10. The SMILES string of the molecule is CCN(CC(=O)OC)C(=O)c1ccc(Cl)cc1OC. The Morgan fingerprint density at radius 3 is 2.53 bits per heavy atom. The number of carbonyl (C=O) groups excluding carboxylic acids is 2. The van der Waals surface area contributed by atoms with Gasteiger partial charge in [0, 0.05) is 11.6 Å². The van der Waals surface area contributed by atoms with Crippen LogP contribution in [0.4, 0.5) is 0 Å². The summed E-state index contributed by atoms with van der Waals surface area (Å²) in [5.41, 5.74) is 0.359. The van der Waals surface area contributed by atoms with E-state index in [2.05, 4.69) is 4.74 Å². The highest BCUT2D eigenvalue weighted by atomic mass is 35.5. The van der Waals surface area contributed by atoms with Crippen LogP contribution >= 0.6 is 11.6 Å². The van der Waals surface area contributed by atoms with E-state index >= 15 is 0 Å². The summed E-state index contributed by atoms with van der Waals surface area (Å²) in [4.78, 5) is 24.9. The normalized spacial score (nSPS) is 9.89. The van der Waals surface area contributed by atoms with Gasteiger partial charge in [-0.3, -0.25) is 9.59 Å². The van der Waals surface area contributed by atoms with E-state index in [0.717, 1.165) is 0 Å². The van der Waals surface area contributed by atoms with Crippen LogP contribution in [0.25, 0.3) is 0 Å². The second kappa shape index (κ2) is 6.99. The summed E-state index contributed by atoms with van der Waals surface area (Å²) in [7, 11) is 2.74. The first-order valence-electron chi connectivity index (χ1n) is 5.73. The maximum absolute atomic E-state index is 12.3. The number of nitrogens with zero attached hydrogens (tertiary/aromatic N) is 1. The zero-order valence-electron chi connectivity index (χ0n) is 11.1. The van der Waals surface area contributed by atoms with Gasteiger partial charge in [0.05, 0.1) is 19.8 Å². The molecule has 1 aromatic carbocycles. The Morgan fingerprint density at radius 1 is 1.32 bits per heavy atom. The summed E-state index contributed by atoms with van der Waals surface area (Å²) < 4.78 is 9.68. The van der Waals surface area contributed by atoms with Crippen LogP contribution in [0.1, 0.15) is 17.3 Å². The van der Waals surface area contributed by atoms with Crippen molar-refractivity contribution in [3.8, 4) is 5.75 Å². The van der Waals surface area contributed by atoms with Crippen molar-refractivity contribution in [3.05, 3.63) is 28.8 Å². The average molecular weight is 286 g/mol. The molecule has 0 aromatic heterocycles. The van der Waals surface area contributed by atoms with E-state index in [4.69, 9.17) is 16.3 Å². The monoisotopic (exact) mass is 285 g/mol. The Hall–Kier alpha value is -1.75. The zero-order valence-corrected chi connectivity index (χ0v) is 11.9. The van der Waals surface area contributed by atoms with Gasteiger partial charge in [0.15, 0.2) is 0 Å². The fraction of sp³-hybridized carbons (Fsp3) is 0.385. The Bertz CT molecular complexity index is 476. The predicted molar refractivity (Wildman–Crippen MR) is 71.6 cm³/mol. The van der Waals surface area contributed by atoms with E-state index in [0.29, 0.717) is 22.9 Å². The molecule has 0 aliphatic heterocycles. The molecule has 1 rings (SSSR count). The van der Waals surface area contributed by atoms with Crippen molar-refractivity contribution in [1.82, 2.24) is 4.90 Å². The molecular formula is C13H16ClNO4. The van der Waals surface area contributed by atoms with Crippen LogP contribution in [0.3, 0.4) is 0 Å². The number of amides is 1. The van der Waals surface area contributed by atoms with Gasteiger partial charge in [-0.2, -0.15) is 0 Å². The number of rotatable bonds is 5. The highest BCUT2D eigenvalue weighted by Gasteiger charge is 2.21. The van der Waals surface area contributed by atoms with Crippen molar-refractivity contribution in [2.45, 2.75) is 6.92 Å². The van der Waals surface area contributed by atoms with Crippen molar-refractivity contribution >= 4 is 23.5 Å². The fourth-order valence-electron chi connectivity index (χ4n) is 1.56. The van der Waals surface area contributed by atoms with Crippen LogP contribution in [0.15, 0.2) is 18.2 Å². The molecule has 0 atom stereocenters. The topological polar surface area (TPSA) is 55.8 Å². The number of likely N-dealkylation sites (N-methyl/N-ethyl adjacent to an activating group) is 1. The van der Waals surface area contributed by atoms with E-state index in [1.807, 2.05) is 0 Å². The van der Waals surface area contributed by atoms with E-state index in [1.165, 1.54) is 19.1 Å². The molecule has 0 heterocycles. The van der Waals surface area contributed by atoms with Crippen molar-refractivity contribution < 1.29 is 19.1 Å². The second-order valence-corrected chi connectivity index (χ2v) is 4.18. The van der Waals surface area contributed by atoms with E-state index in [-0.39, 0.29) is 12.5 Å². The lowest BCUT2D eigenvalue weighted by atomic mass is 10.1. The Kier molecular flexibility index (Phi) is 5.63. The Morgan fingerprint density at radius 2 is 2.00 bits per heavy atom. The van der Waals surface area contributed by atoms with Crippen molar-refractivity contribution in [3.63, 3.8) is 0 Å². The number of benzene rings is 1. The molecule has 6 heteroatoms. The van der Waals surface area contributed by atoms with Crippen LogP contribution < -0.4 is 4.74 Å². The van der Waals surface area contributed by atoms with Crippen LogP contribution in [0.5, 0.6) is 5.75 Å². The molecule has 0 radical (unpaired) electrons. The number of hydrogen-bond donors (Lipinski definition) is 0. The average Bonchev–Trinajstić information content (AvgIpc) is 2.43. The van der Waals surface area contributed by atoms with E-state index < -0.39 is 5.97 Å². The van der Waals surface area contributed by atoms with Crippen LogP contribution in [0, 0.1) is 0 Å². The standard InChI is InChI=1S/C13H16ClNO4/c1-4-15(8-12(16)19-3)13(17)10-6-5-9(14)7-11(10)18-2/h5-7H,4,8H2,1-3H3. The Balaban J connectivity index is 3.00. The molecule has 0 spiro atoms. The van der Waals surface area contributed by atoms with Gasteiger partial charge >= 0.3 is 5.97 Å². The zero-order chi connectivity index (χ0) is 14.4. The lowest BCUT2D eigenvalue weighted by molar-refractivity contribution is -0.141. The number of methoxy groups -OCH3 is 2. The lowest BCUT2D eigenvalue weighted by Gasteiger charge is -2.20. The largest absolute Gasteiger partial charge is 0.496 e. The number of carbonyl (C=O) groups is 2. The molecule has 5 nitrogen and oxygen atoms in total. The number of esters is 1. The molecule has 0 aliphatic rings. The minimum absolute atomic E-state index is 0.0996. The van der Waals surface area contributed by atoms with Crippen LogP contribution in [0.2, 0.25) is 5.02 Å². The van der Waals surface area contributed by atoms with Gasteiger partial charge < -0.3 is 14.4 Å². The molecule has 0 bridgehead atoms. The van der Waals surface area contributed by atoms with E-state index in [1.54, 1.807) is 25.1 Å². The van der Waals surface area contributed by atoms with Crippen molar-refractivity contribution in [2.75, 3.05) is 27.3 Å². The Labute approximate surface area is 117 Å². The molecule has 0 unspecified atom stereocenters. The van der Waals surface area contributed by atoms with Gasteiger partial charge in [-0.05, 0) is 25.1 Å². The van der Waals surface area contributed by atoms with Gasteiger partial charge in [0.2, 0.25) is 0 Å². The minimum Gasteiger partial charge on any atom is -0.496 e. The summed E-state index contributed by atoms with van der Waals surface area (Å²) >= 11 is 5.84. The van der Waals surface area contributed by atoms with Crippen molar-refractivity contribution in [2.24, 2.45) is 0 Å². The molecule has 0 saturated carbocycles. The van der Waals surface area contributed by atoms with Gasteiger partial charge in [0.25, 0.3) is 5.91 Å². The molecule has 1 aromatic rings. The highest BCUT2D eigenvalue weighted by molar-refractivity contribution is 6.30. The first kappa shape index (κ1) is 15.3. The molecule has 0 saturated heterocycles. The van der Waals surface area contributed by atoms with Gasteiger partial charge in [0.1, 0.15) is 12.3 Å². The third-order valence-corrected chi connectivity index (χ3v) is 2.85. The number of hydrogen-bond acceptors (Lipinski definition) is 4. The van der Waals surface area contributed by atoms with Gasteiger partial charge in [-0.1, -0.05) is 11.6 Å². The molecule has 0 N–H and O–H groups in total. The second-order valence-electron chi connectivity index (χ2n) is 3.74. The third kappa shape index (κ3) is 3.86. The van der Waals surface area contributed by atoms with Gasteiger partial charge in [-0.15, -0.1) is 0 Å². The predicted octanol–water partition coefficient (Wildman–Crippen LogP) is 1.98. The summed E-state index contributed by atoms with van der Waals surface area (Å²) in [6, 6.07) is 4.73. The molecule has 19 heavy (non-hydrogen) atoms.